The monoisotopic (exact) mass is 287 g/mol. The number of rotatable bonds is 6. The zero-order valence-corrected chi connectivity index (χ0v) is 11.9. The maximum Gasteiger partial charge on any atom is 0.339 e. The van der Waals surface area contributed by atoms with Crippen LogP contribution >= 0.6 is 0 Å². The lowest BCUT2D eigenvalue weighted by Crippen LogP contribution is -2.09. The predicted octanol–water partition coefficient (Wildman–Crippen LogP) is 1.38. The second kappa shape index (κ2) is 6.53. The zero-order chi connectivity index (χ0) is 14.5. The molecule has 6 nitrogen and oxygen atoms in total. The number of methoxy groups -OCH3 is 1. The summed E-state index contributed by atoms with van der Waals surface area (Å²) in [6.07, 6.45) is 0.987. The van der Waals surface area contributed by atoms with E-state index in [4.69, 9.17) is 4.18 Å². The highest BCUT2D eigenvalue weighted by Gasteiger charge is 2.12. The van der Waals surface area contributed by atoms with Crippen molar-refractivity contribution >= 4 is 21.8 Å². The summed E-state index contributed by atoms with van der Waals surface area (Å²) >= 11 is 0. The highest BCUT2D eigenvalue weighted by Crippen LogP contribution is 2.19. The molecule has 0 aliphatic rings. The van der Waals surface area contributed by atoms with Gasteiger partial charge in [0.15, 0.2) is 0 Å². The first-order valence-electron chi connectivity index (χ1n) is 5.67. The molecule has 106 valence electrons. The van der Waals surface area contributed by atoms with Crippen LogP contribution in [0.2, 0.25) is 0 Å². The molecule has 7 heteroatoms. The number of carbonyl (C=O) groups is 1. The van der Waals surface area contributed by atoms with Crippen molar-refractivity contribution in [1.82, 2.24) is 0 Å². The van der Waals surface area contributed by atoms with Gasteiger partial charge >= 0.3 is 5.97 Å². The van der Waals surface area contributed by atoms with E-state index in [0.717, 1.165) is 6.26 Å². The van der Waals surface area contributed by atoms with Gasteiger partial charge in [-0.1, -0.05) is 6.07 Å². The molecule has 1 N–H and O–H groups in total. The van der Waals surface area contributed by atoms with Crippen LogP contribution in [-0.4, -0.2) is 34.3 Å². The number of esters is 1. The Balaban J connectivity index is 2.98. The van der Waals surface area contributed by atoms with Crippen molar-refractivity contribution in [3.63, 3.8) is 0 Å². The third kappa shape index (κ3) is 4.88. The van der Waals surface area contributed by atoms with E-state index in [1.165, 1.54) is 7.11 Å². The summed E-state index contributed by atoms with van der Waals surface area (Å²) < 4.78 is 31.2. The maximum atomic E-state index is 11.5. The Morgan fingerprint density at radius 1 is 1.37 bits per heavy atom. The lowest BCUT2D eigenvalue weighted by atomic mass is 10.1. The molecule has 0 heterocycles. The molecule has 0 amide bonds. The first-order valence-corrected chi connectivity index (χ1v) is 7.48. The number of benzene rings is 1. The molecule has 0 fully saturated rings. The van der Waals surface area contributed by atoms with Crippen molar-refractivity contribution in [3.05, 3.63) is 29.3 Å². The standard InChI is InChI=1S/C12H17NO5S/c1-4-13-11-7-9(8-18-19(3,15)16)5-6-10(11)12(14)17-2/h5-7,13H,4,8H2,1-3H3. The lowest BCUT2D eigenvalue weighted by Gasteiger charge is -2.11. The van der Waals surface area contributed by atoms with Gasteiger partial charge in [-0.2, -0.15) is 8.42 Å². The highest BCUT2D eigenvalue weighted by atomic mass is 32.2. The Morgan fingerprint density at radius 3 is 2.58 bits per heavy atom. The number of ether oxygens (including phenoxy) is 1. The first-order chi connectivity index (χ1) is 8.87. The van der Waals surface area contributed by atoms with Gasteiger partial charge in [0.05, 0.1) is 25.5 Å². The summed E-state index contributed by atoms with van der Waals surface area (Å²) in [5.74, 6) is -0.452. The second-order valence-electron chi connectivity index (χ2n) is 3.87. The average Bonchev–Trinajstić information content (AvgIpc) is 2.35. The molecule has 19 heavy (non-hydrogen) atoms. The Bertz CT molecular complexity index is 553. The minimum atomic E-state index is -3.49. The van der Waals surface area contributed by atoms with E-state index < -0.39 is 16.1 Å². The molecule has 0 aromatic heterocycles. The Kier molecular flexibility index (Phi) is 5.31. The van der Waals surface area contributed by atoms with E-state index in [0.29, 0.717) is 23.4 Å². The van der Waals surface area contributed by atoms with Gasteiger partial charge in [0, 0.05) is 12.2 Å². The quantitative estimate of drug-likeness (QED) is 0.629. The summed E-state index contributed by atoms with van der Waals surface area (Å²) in [7, 11) is -2.19. The fourth-order valence-corrected chi connectivity index (χ4v) is 1.83. The van der Waals surface area contributed by atoms with Crippen LogP contribution in [0.25, 0.3) is 0 Å². The summed E-state index contributed by atoms with van der Waals surface area (Å²) in [5, 5.41) is 3.02. The molecule has 0 atom stereocenters. The Labute approximate surface area is 112 Å². The van der Waals surface area contributed by atoms with Gasteiger partial charge in [-0.05, 0) is 24.6 Å². The van der Waals surface area contributed by atoms with Crippen molar-refractivity contribution in [3.8, 4) is 0 Å². The normalized spacial score (nSPS) is 11.1. The van der Waals surface area contributed by atoms with Crippen LogP contribution in [-0.2, 0) is 25.6 Å². The minimum absolute atomic E-state index is 0.0708. The van der Waals surface area contributed by atoms with Crippen LogP contribution in [0.5, 0.6) is 0 Å². The zero-order valence-electron chi connectivity index (χ0n) is 11.1. The number of hydrogen-bond donors (Lipinski definition) is 1. The van der Waals surface area contributed by atoms with Crippen LogP contribution < -0.4 is 5.32 Å². The average molecular weight is 287 g/mol. The SMILES string of the molecule is CCNc1cc(COS(C)(=O)=O)ccc1C(=O)OC. The Hall–Kier alpha value is -1.60. The van der Waals surface area contributed by atoms with Crippen LogP contribution in [0.4, 0.5) is 5.69 Å². The van der Waals surface area contributed by atoms with Gasteiger partial charge in [-0.3, -0.25) is 4.18 Å². The Morgan fingerprint density at radius 2 is 2.05 bits per heavy atom. The van der Waals surface area contributed by atoms with Crippen LogP contribution in [0.1, 0.15) is 22.8 Å². The molecule has 0 radical (unpaired) electrons. The number of nitrogens with one attached hydrogen (secondary N) is 1. The number of anilines is 1. The molecule has 1 aromatic carbocycles. The molecule has 1 rings (SSSR count). The fourth-order valence-electron chi connectivity index (χ4n) is 1.48. The third-order valence-corrected chi connectivity index (χ3v) is 2.84. The van der Waals surface area contributed by atoms with Gasteiger partial charge in [-0.25, -0.2) is 4.79 Å². The molecule has 0 saturated heterocycles. The molecule has 0 bridgehead atoms. The molecule has 0 spiro atoms. The summed E-state index contributed by atoms with van der Waals surface area (Å²) in [6, 6.07) is 4.87. The summed E-state index contributed by atoms with van der Waals surface area (Å²) in [5.41, 5.74) is 1.63. The fraction of sp³-hybridized carbons (Fsp3) is 0.417. The van der Waals surface area contributed by atoms with Gasteiger partial charge in [0.2, 0.25) is 0 Å². The number of hydrogen-bond acceptors (Lipinski definition) is 6. The van der Waals surface area contributed by atoms with Gasteiger partial charge < -0.3 is 10.1 Å². The molecule has 0 saturated carbocycles. The molecule has 0 aliphatic heterocycles. The second-order valence-corrected chi connectivity index (χ2v) is 5.51. The van der Waals surface area contributed by atoms with Crippen molar-refractivity contribution in [2.24, 2.45) is 0 Å². The van der Waals surface area contributed by atoms with E-state index in [-0.39, 0.29) is 6.61 Å². The van der Waals surface area contributed by atoms with E-state index in [1.54, 1.807) is 18.2 Å². The van der Waals surface area contributed by atoms with Gasteiger partial charge in [0.1, 0.15) is 0 Å². The first kappa shape index (κ1) is 15.5. The largest absolute Gasteiger partial charge is 0.465 e. The van der Waals surface area contributed by atoms with E-state index in [1.807, 2.05) is 6.92 Å². The highest BCUT2D eigenvalue weighted by molar-refractivity contribution is 7.85. The van der Waals surface area contributed by atoms with Gasteiger partial charge in [-0.15, -0.1) is 0 Å². The van der Waals surface area contributed by atoms with Crippen molar-refractivity contribution in [2.45, 2.75) is 13.5 Å². The van der Waals surface area contributed by atoms with Crippen molar-refractivity contribution < 1.29 is 22.1 Å². The lowest BCUT2D eigenvalue weighted by molar-refractivity contribution is 0.0601. The van der Waals surface area contributed by atoms with E-state index >= 15 is 0 Å². The smallest absolute Gasteiger partial charge is 0.339 e. The van der Waals surface area contributed by atoms with Gasteiger partial charge in [0.25, 0.3) is 10.1 Å². The van der Waals surface area contributed by atoms with E-state index in [9.17, 15) is 13.2 Å². The van der Waals surface area contributed by atoms with Crippen LogP contribution in [0.15, 0.2) is 18.2 Å². The number of carbonyl (C=O) groups excluding carboxylic acids is 1. The predicted molar refractivity (Wildman–Crippen MR) is 71.6 cm³/mol. The van der Waals surface area contributed by atoms with E-state index in [2.05, 4.69) is 10.1 Å². The third-order valence-electron chi connectivity index (χ3n) is 2.30. The topological polar surface area (TPSA) is 81.7 Å². The molecule has 1 aromatic rings. The molecule has 0 unspecified atom stereocenters. The molecular formula is C12H17NO5S. The van der Waals surface area contributed by atoms with Crippen molar-refractivity contribution in [2.75, 3.05) is 25.2 Å². The molecular weight excluding hydrogens is 270 g/mol. The van der Waals surface area contributed by atoms with Crippen LogP contribution in [0, 0.1) is 0 Å². The summed E-state index contributed by atoms with van der Waals surface area (Å²) in [6.45, 7) is 2.44. The minimum Gasteiger partial charge on any atom is -0.465 e. The maximum absolute atomic E-state index is 11.5. The van der Waals surface area contributed by atoms with Crippen LogP contribution in [0.3, 0.4) is 0 Å². The molecule has 0 aliphatic carbocycles. The van der Waals surface area contributed by atoms with Crippen molar-refractivity contribution in [1.29, 1.82) is 0 Å². The summed E-state index contributed by atoms with van der Waals surface area (Å²) in [4.78, 5) is 11.5.